The Kier molecular flexibility index (Phi) is 5.43. The van der Waals surface area contributed by atoms with Gasteiger partial charge in [-0.1, -0.05) is 12.1 Å². The van der Waals surface area contributed by atoms with E-state index in [4.69, 9.17) is 5.11 Å². The lowest BCUT2D eigenvalue weighted by Gasteiger charge is -2.28. The lowest BCUT2D eigenvalue weighted by Crippen LogP contribution is -2.43. The number of carbonyl (C=O) groups is 2. The predicted molar refractivity (Wildman–Crippen MR) is 99.5 cm³/mol. The van der Waals surface area contributed by atoms with E-state index in [1.54, 1.807) is 24.3 Å². The number of carboxylic acids is 1. The molecule has 8 heteroatoms. The molecule has 1 amide bonds. The first-order valence-corrected chi connectivity index (χ1v) is 9.12. The van der Waals surface area contributed by atoms with Crippen molar-refractivity contribution < 1.29 is 14.7 Å². The number of nitrogens with zero attached hydrogens (tertiary/aromatic N) is 1. The van der Waals surface area contributed by atoms with Crippen LogP contribution in [0.25, 0.3) is 10.9 Å². The second kappa shape index (κ2) is 7.77. The molecule has 1 heterocycles. The summed E-state index contributed by atoms with van der Waals surface area (Å²) in [4.78, 5) is 50.6. The molecule has 2 aromatic rings. The fourth-order valence-corrected chi connectivity index (χ4v) is 3.62. The summed E-state index contributed by atoms with van der Waals surface area (Å²) in [6, 6.07) is 6.00. The SMILES string of the molecule is C[C@@H](NC(=O)C1CCC(Cn2c(=O)[nH]c3ccccc3c2=O)CC1)C(=O)O. The van der Waals surface area contributed by atoms with Gasteiger partial charge in [-0.3, -0.25) is 19.0 Å². The number of hydrogen-bond acceptors (Lipinski definition) is 4. The van der Waals surface area contributed by atoms with E-state index in [1.165, 1.54) is 11.5 Å². The standard InChI is InChI=1S/C19H23N3O5/c1-11(18(25)26)20-16(23)13-8-6-12(7-9-13)10-22-17(24)14-4-2-3-5-15(14)21-19(22)27/h2-5,11-13H,6-10H2,1H3,(H,20,23)(H,21,27)(H,25,26)/t11-,12?,13?/m1/s1. The zero-order chi connectivity index (χ0) is 19.6. The fraction of sp³-hybridized carbons (Fsp3) is 0.474. The summed E-state index contributed by atoms with van der Waals surface area (Å²) >= 11 is 0. The normalized spacial score (nSPS) is 20.9. The van der Waals surface area contributed by atoms with Gasteiger partial charge in [-0.05, 0) is 50.7 Å². The zero-order valence-corrected chi connectivity index (χ0v) is 15.1. The Hall–Kier alpha value is -2.90. The number of carboxylic acid groups (broad SMARTS) is 1. The Morgan fingerprint density at radius 3 is 2.56 bits per heavy atom. The minimum atomic E-state index is -1.06. The van der Waals surface area contributed by atoms with Gasteiger partial charge in [0.25, 0.3) is 5.56 Å². The van der Waals surface area contributed by atoms with Gasteiger partial charge >= 0.3 is 11.7 Å². The molecule has 0 aliphatic heterocycles. The van der Waals surface area contributed by atoms with Crippen molar-refractivity contribution in [3.8, 4) is 0 Å². The third kappa shape index (κ3) is 4.10. The van der Waals surface area contributed by atoms with Gasteiger partial charge in [0, 0.05) is 12.5 Å². The highest BCUT2D eigenvalue weighted by atomic mass is 16.4. The summed E-state index contributed by atoms with van der Waals surface area (Å²) in [6.07, 6.45) is 2.64. The number of para-hydroxylation sites is 1. The van der Waals surface area contributed by atoms with Crippen molar-refractivity contribution in [1.82, 2.24) is 14.9 Å². The molecule has 0 saturated heterocycles. The molecule has 27 heavy (non-hydrogen) atoms. The topological polar surface area (TPSA) is 121 Å². The second-order valence-electron chi connectivity index (χ2n) is 7.18. The highest BCUT2D eigenvalue weighted by Crippen LogP contribution is 2.29. The van der Waals surface area contributed by atoms with Crippen LogP contribution < -0.4 is 16.6 Å². The van der Waals surface area contributed by atoms with Crippen LogP contribution >= 0.6 is 0 Å². The largest absolute Gasteiger partial charge is 0.480 e. The smallest absolute Gasteiger partial charge is 0.328 e. The maximum Gasteiger partial charge on any atom is 0.328 e. The predicted octanol–water partition coefficient (Wildman–Crippen LogP) is 1.09. The number of aromatic amines is 1. The summed E-state index contributed by atoms with van der Waals surface area (Å²) in [7, 11) is 0. The van der Waals surface area contributed by atoms with Crippen LogP contribution in [-0.4, -0.2) is 32.6 Å². The molecular weight excluding hydrogens is 350 g/mol. The number of amides is 1. The molecule has 3 rings (SSSR count). The summed E-state index contributed by atoms with van der Waals surface area (Å²) in [5.74, 6) is -1.41. The number of fused-ring (bicyclic) bond motifs is 1. The molecule has 8 nitrogen and oxygen atoms in total. The van der Waals surface area contributed by atoms with Crippen LogP contribution in [0.3, 0.4) is 0 Å². The van der Waals surface area contributed by atoms with Crippen LogP contribution in [0.1, 0.15) is 32.6 Å². The fourth-order valence-electron chi connectivity index (χ4n) is 3.62. The van der Waals surface area contributed by atoms with E-state index in [1.807, 2.05) is 0 Å². The molecule has 1 aliphatic rings. The summed E-state index contributed by atoms with van der Waals surface area (Å²) in [6.45, 7) is 1.75. The molecular formula is C19H23N3O5. The van der Waals surface area contributed by atoms with Crippen molar-refractivity contribution in [2.45, 2.75) is 45.2 Å². The lowest BCUT2D eigenvalue weighted by atomic mass is 9.81. The molecule has 144 valence electrons. The number of rotatable bonds is 5. The lowest BCUT2D eigenvalue weighted by molar-refractivity contribution is -0.142. The summed E-state index contributed by atoms with van der Waals surface area (Å²) in [5.41, 5.74) is -0.199. The van der Waals surface area contributed by atoms with Gasteiger partial charge < -0.3 is 15.4 Å². The third-order valence-electron chi connectivity index (χ3n) is 5.28. The van der Waals surface area contributed by atoms with Gasteiger partial charge in [0.15, 0.2) is 0 Å². The van der Waals surface area contributed by atoms with Crippen LogP contribution in [0.4, 0.5) is 0 Å². The zero-order valence-electron chi connectivity index (χ0n) is 15.1. The van der Waals surface area contributed by atoms with E-state index in [9.17, 15) is 19.2 Å². The Labute approximate surface area is 155 Å². The maximum absolute atomic E-state index is 12.6. The van der Waals surface area contributed by atoms with Crippen LogP contribution in [0.5, 0.6) is 0 Å². The quantitative estimate of drug-likeness (QED) is 0.724. The van der Waals surface area contributed by atoms with Gasteiger partial charge in [-0.15, -0.1) is 0 Å². The summed E-state index contributed by atoms with van der Waals surface area (Å²) in [5, 5.41) is 11.9. The number of H-pyrrole nitrogens is 1. The summed E-state index contributed by atoms with van der Waals surface area (Å²) < 4.78 is 1.24. The van der Waals surface area contributed by atoms with E-state index >= 15 is 0 Å². The van der Waals surface area contributed by atoms with E-state index in [0.29, 0.717) is 43.1 Å². The Bertz CT molecular complexity index is 969. The van der Waals surface area contributed by atoms with E-state index in [-0.39, 0.29) is 23.3 Å². The van der Waals surface area contributed by atoms with Gasteiger partial charge in [0.2, 0.25) is 5.91 Å². The molecule has 1 fully saturated rings. The number of aromatic nitrogens is 2. The molecule has 0 radical (unpaired) electrons. The number of benzene rings is 1. The van der Waals surface area contributed by atoms with Crippen molar-refractivity contribution in [1.29, 1.82) is 0 Å². The number of nitrogens with one attached hydrogen (secondary N) is 2. The molecule has 1 atom stereocenters. The van der Waals surface area contributed by atoms with E-state index < -0.39 is 17.7 Å². The first kappa shape index (κ1) is 18.9. The number of aliphatic carboxylic acids is 1. The molecule has 0 bridgehead atoms. The average molecular weight is 373 g/mol. The molecule has 1 aliphatic carbocycles. The van der Waals surface area contributed by atoms with Crippen molar-refractivity contribution in [3.05, 3.63) is 45.1 Å². The molecule has 1 aromatic heterocycles. The van der Waals surface area contributed by atoms with E-state index in [0.717, 1.165) is 0 Å². The molecule has 0 unspecified atom stereocenters. The van der Waals surface area contributed by atoms with Gasteiger partial charge in [-0.2, -0.15) is 0 Å². The van der Waals surface area contributed by atoms with Crippen molar-refractivity contribution in [3.63, 3.8) is 0 Å². The Morgan fingerprint density at radius 2 is 1.89 bits per heavy atom. The first-order chi connectivity index (χ1) is 12.9. The van der Waals surface area contributed by atoms with Crippen LogP contribution in [0.2, 0.25) is 0 Å². The highest BCUT2D eigenvalue weighted by Gasteiger charge is 2.28. The minimum Gasteiger partial charge on any atom is -0.480 e. The Balaban J connectivity index is 1.65. The molecule has 1 saturated carbocycles. The van der Waals surface area contributed by atoms with Crippen molar-refractivity contribution in [2.24, 2.45) is 11.8 Å². The van der Waals surface area contributed by atoms with Gasteiger partial charge in [0.1, 0.15) is 6.04 Å². The van der Waals surface area contributed by atoms with Gasteiger partial charge in [-0.25, -0.2) is 4.79 Å². The third-order valence-corrected chi connectivity index (χ3v) is 5.28. The van der Waals surface area contributed by atoms with Gasteiger partial charge in [0.05, 0.1) is 10.9 Å². The van der Waals surface area contributed by atoms with Crippen LogP contribution in [0.15, 0.2) is 33.9 Å². The Morgan fingerprint density at radius 1 is 1.22 bits per heavy atom. The maximum atomic E-state index is 12.6. The molecule has 1 aromatic carbocycles. The average Bonchev–Trinajstić information content (AvgIpc) is 2.65. The van der Waals surface area contributed by atoms with Crippen LogP contribution in [0, 0.1) is 11.8 Å². The monoisotopic (exact) mass is 373 g/mol. The van der Waals surface area contributed by atoms with Crippen molar-refractivity contribution in [2.75, 3.05) is 0 Å². The van der Waals surface area contributed by atoms with Crippen molar-refractivity contribution >= 4 is 22.8 Å². The first-order valence-electron chi connectivity index (χ1n) is 9.12. The highest BCUT2D eigenvalue weighted by molar-refractivity contribution is 5.84. The molecule has 0 spiro atoms. The van der Waals surface area contributed by atoms with Crippen LogP contribution in [-0.2, 0) is 16.1 Å². The second-order valence-corrected chi connectivity index (χ2v) is 7.18. The number of hydrogen-bond donors (Lipinski definition) is 3. The van der Waals surface area contributed by atoms with E-state index in [2.05, 4.69) is 10.3 Å². The molecule has 3 N–H and O–H groups in total. The minimum absolute atomic E-state index is 0.130. The number of carbonyl (C=O) groups excluding carboxylic acids is 1.